The summed E-state index contributed by atoms with van der Waals surface area (Å²) in [4.78, 5) is 13.3. The van der Waals surface area contributed by atoms with Gasteiger partial charge in [-0.05, 0) is 51.3 Å². The zero-order valence-electron chi connectivity index (χ0n) is 12.8. The van der Waals surface area contributed by atoms with Crippen LogP contribution in [0.5, 0.6) is 0 Å². The van der Waals surface area contributed by atoms with Crippen molar-refractivity contribution in [3.63, 3.8) is 0 Å². The fourth-order valence-electron chi connectivity index (χ4n) is 3.77. The molecule has 0 saturated carbocycles. The van der Waals surface area contributed by atoms with Gasteiger partial charge in [0.05, 0.1) is 4.92 Å². The number of hydrogen-bond acceptors (Lipinski definition) is 4. The summed E-state index contributed by atoms with van der Waals surface area (Å²) in [5.41, 5.74) is 2.95. The third-order valence-corrected chi connectivity index (χ3v) is 4.94. The molecule has 2 saturated heterocycles. The Hall–Kier alpha value is -1.62. The molecule has 0 radical (unpaired) electrons. The highest BCUT2D eigenvalue weighted by Gasteiger charge is 2.35. The van der Waals surface area contributed by atoms with Gasteiger partial charge in [0.1, 0.15) is 0 Å². The summed E-state index contributed by atoms with van der Waals surface area (Å²) in [6.45, 7) is 6.15. The lowest BCUT2D eigenvalue weighted by Gasteiger charge is -2.33. The minimum atomic E-state index is -0.301. The van der Waals surface area contributed by atoms with Gasteiger partial charge in [0.2, 0.25) is 0 Å². The van der Waals surface area contributed by atoms with Crippen molar-refractivity contribution in [2.24, 2.45) is 0 Å². The smallest absolute Gasteiger partial charge is 0.272 e. The van der Waals surface area contributed by atoms with Gasteiger partial charge in [-0.2, -0.15) is 0 Å². The lowest BCUT2D eigenvalue weighted by atomic mass is 9.98. The van der Waals surface area contributed by atoms with Crippen LogP contribution in [0.3, 0.4) is 0 Å². The molecule has 2 unspecified atom stereocenters. The zero-order valence-corrected chi connectivity index (χ0v) is 12.8. The monoisotopic (exact) mass is 289 g/mol. The minimum absolute atomic E-state index is 0.212. The third kappa shape index (κ3) is 2.75. The summed E-state index contributed by atoms with van der Waals surface area (Å²) in [7, 11) is 0. The first-order valence-corrected chi connectivity index (χ1v) is 7.82. The molecule has 0 aliphatic carbocycles. The van der Waals surface area contributed by atoms with Crippen molar-refractivity contribution in [3.05, 3.63) is 33.4 Å². The van der Waals surface area contributed by atoms with Crippen LogP contribution < -0.4 is 5.32 Å². The van der Waals surface area contributed by atoms with Crippen LogP contribution in [-0.4, -0.2) is 35.0 Å². The van der Waals surface area contributed by atoms with E-state index in [1.807, 2.05) is 19.9 Å². The van der Waals surface area contributed by atoms with Crippen molar-refractivity contribution in [1.29, 1.82) is 0 Å². The first-order chi connectivity index (χ1) is 10.1. The molecule has 3 rings (SSSR count). The quantitative estimate of drug-likeness (QED) is 0.685. The number of nitrogens with one attached hydrogen (secondary N) is 1. The lowest BCUT2D eigenvalue weighted by molar-refractivity contribution is -0.385. The topological polar surface area (TPSA) is 58.4 Å². The van der Waals surface area contributed by atoms with Gasteiger partial charge >= 0.3 is 0 Å². The van der Waals surface area contributed by atoms with Crippen molar-refractivity contribution in [1.82, 2.24) is 4.90 Å². The van der Waals surface area contributed by atoms with Gasteiger partial charge in [0.25, 0.3) is 5.69 Å². The number of nitro groups is 1. The van der Waals surface area contributed by atoms with Crippen LogP contribution in [0.1, 0.15) is 36.8 Å². The largest absolute Gasteiger partial charge is 0.380 e. The van der Waals surface area contributed by atoms with E-state index in [9.17, 15) is 10.1 Å². The Balaban J connectivity index is 1.79. The van der Waals surface area contributed by atoms with Crippen LogP contribution in [0.4, 0.5) is 11.4 Å². The number of anilines is 1. The van der Waals surface area contributed by atoms with Gasteiger partial charge in [-0.1, -0.05) is 6.42 Å². The Labute approximate surface area is 125 Å². The molecule has 2 heterocycles. The highest BCUT2D eigenvalue weighted by Crippen LogP contribution is 2.32. The van der Waals surface area contributed by atoms with Crippen molar-refractivity contribution in [2.45, 2.75) is 51.6 Å². The Morgan fingerprint density at radius 3 is 2.76 bits per heavy atom. The molecule has 21 heavy (non-hydrogen) atoms. The second-order valence-electron chi connectivity index (χ2n) is 6.35. The van der Waals surface area contributed by atoms with Crippen molar-refractivity contribution in [2.75, 3.05) is 18.4 Å². The SMILES string of the molecule is Cc1cc([N+](=O)[O-])c(C)cc1NC1CCN2CCCCC12. The number of benzene rings is 1. The van der Waals surface area contributed by atoms with Crippen LogP contribution in [0.15, 0.2) is 12.1 Å². The van der Waals surface area contributed by atoms with E-state index in [1.54, 1.807) is 6.07 Å². The zero-order chi connectivity index (χ0) is 15.0. The number of piperidine rings is 1. The van der Waals surface area contributed by atoms with E-state index in [1.165, 1.54) is 38.8 Å². The molecular weight excluding hydrogens is 266 g/mol. The minimum Gasteiger partial charge on any atom is -0.380 e. The van der Waals surface area contributed by atoms with E-state index >= 15 is 0 Å². The van der Waals surface area contributed by atoms with E-state index in [0.29, 0.717) is 12.1 Å². The molecule has 0 amide bonds. The standard InChI is InChI=1S/C16H23N3O2/c1-11-10-16(19(20)21)12(2)9-14(11)17-13-6-8-18-7-4-3-5-15(13)18/h9-10,13,15,17H,3-8H2,1-2H3. The predicted molar refractivity (Wildman–Crippen MR) is 83.8 cm³/mol. The first-order valence-electron chi connectivity index (χ1n) is 7.82. The molecule has 0 aromatic heterocycles. The Kier molecular flexibility index (Phi) is 3.85. The lowest BCUT2D eigenvalue weighted by Crippen LogP contribution is -2.41. The van der Waals surface area contributed by atoms with Crippen LogP contribution in [0, 0.1) is 24.0 Å². The Morgan fingerprint density at radius 1 is 1.19 bits per heavy atom. The second-order valence-corrected chi connectivity index (χ2v) is 6.35. The predicted octanol–water partition coefficient (Wildman–Crippen LogP) is 3.25. The summed E-state index contributed by atoms with van der Waals surface area (Å²) < 4.78 is 0. The summed E-state index contributed by atoms with van der Waals surface area (Å²) >= 11 is 0. The maximum atomic E-state index is 11.0. The maximum Gasteiger partial charge on any atom is 0.272 e. The number of nitro benzene ring substituents is 1. The average molecular weight is 289 g/mol. The Morgan fingerprint density at radius 2 is 2.00 bits per heavy atom. The Bertz CT molecular complexity index is 559. The molecule has 2 atom stereocenters. The maximum absolute atomic E-state index is 11.0. The van der Waals surface area contributed by atoms with Gasteiger partial charge in [-0.3, -0.25) is 15.0 Å². The number of rotatable bonds is 3. The average Bonchev–Trinajstić information content (AvgIpc) is 2.85. The molecule has 0 spiro atoms. The highest BCUT2D eigenvalue weighted by molar-refractivity contribution is 5.60. The van der Waals surface area contributed by atoms with E-state index in [4.69, 9.17) is 0 Å². The molecule has 5 nitrogen and oxygen atoms in total. The first kappa shape index (κ1) is 14.3. The molecular formula is C16H23N3O2. The van der Waals surface area contributed by atoms with E-state index in [0.717, 1.165) is 16.8 Å². The van der Waals surface area contributed by atoms with E-state index < -0.39 is 0 Å². The van der Waals surface area contributed by atoms with Crippen LogP contribution >= 0.6 is 0 Å². The molecule has 1 aromatic carbocycles. The molecule has 1 aromatic rings. The van der Waals surface area contributed by atoms with Crippen molar-refractivity contribution >= 4 is 11.4 Å². The summed E-state index contributed by atoms with van der Waals surface area (Å²) in [5.74, 6) is 0. The van der Waals surface area contributed by atoms with Gasteiger partial charge in [-0.25, -0.2) is 0 Å². The van der Waals surface area contributed by atoms with Crippen molar-refractivity contribution < 1.29 is 4.92 Å². The summed E-state index contributed by atoms with van der Waals surface area (Å²) in [6, 6.07) is 4.73. The van der Waals surface area contributed by atoms with Gasteiger partial charge in [0.15, 0.2) is 0 Å². The van der Waals surface area contributed by atoms with Crippen molar-refractivity contribution in [3.8, 4) is 0 Å². The number of nitrogens with zero attached hydrogens (tertiary/aromatic N) is 2. The highest BCUT2D eigenvalue weighted by atomic mass is 16.6. The van der Waals surface area contributed by atoms with Gasteiger partial charge in [-0.15, -0.1) is 0 Å². The van der Waals surface area contributed by atoms with Crippen LogP contribution in [0.25, 0.3) is 0 Å². The van der Waals surface area contributed by atoms with E-state index in [-0.39, 0.29) is 10.6 Å². The van der Waals surface area contributed by atoms with Gasteiger partial charge in [0, 0.05) is 35.9 Å². The normalized spacial score (nSPS) is 25.6. The summed E-state index contributed by atoms with van der Waals surface area (Å²) in [5, 5.41) is 14.6. The second kappa shape index (κ2) is 5.64. The molecule has 5 heteroatoms. The number of hydrogen-bond donors (Lipinski definition) is 1. The van der Waals surface area contributed by atoms with Crippen LogP contribution in [0.2, 0.25) is 0 Å². The molecule has 1 N–H and O–H groups in total. The third-order valence-electron chi connectivity index (χ3n) is 4.94. The number of fused-ring (bicyclic) bond motifs is 1. The number of aryl methyl sites for hydroxylation is 2. The molecule has 2 aliphatic heterocycles. The van der Waals surface area contributed by atoms with Crippen LogP contribution in [-0.2, 0) is 0 Å². The molecule has 114 valence electrons. The fraction of sp³-hybridized carbons (Fsp3) is 0.625. The summed E-state index contributed by atoms with van der Waals surface area (Å²) in [6.07, 6.45) is 5.07. The molecule has 2 fully saturated rings. The van der Waals surface area contributed by atoms with Gasteiger partial charge < -0.3 is 5.32 Å². The molecule has 0 bridgehead atoms. The molecule has 2 aliphatic rings. The fourth-order valence-corrected chi connectivity index (χ4v) is 3.77. The van der Waals surface area contributed by atoms with E-state index in [2.05, 4.69) is 10.2 Å².